The van der Waals surface area contributed by atoms with Gasteiger partial charge < -0.3 is 9.84 Å². The normalized spacial score (nSPS) is 12.2. The average Bonchev–Trinajstić information content (AvgIpc) is 2.42. The Morgan fingerprint density at radius 3 is 2.75 bits per heavy atom. The quantitative estimate of drug-likeness (QED) is 0.921. The van der Waals surface area contributed by atoms with Crippen molar-refractivity contribution in [2.45, 2.75) is 19.4 Å². The Hall–Kier alpha value is -1.58. The van der Waals surface area contributed by atoms with Crippen LogP contribution in [0.3, 0.4) is 0 Å². The number of rotatable bonds is 4. The van der Waals surface area contributed by atoms with E-state index in [1.165, 1.54) is 19.2 Å². The topological polar surface area (TPSA) is 29.5 Å². The molecule has 0 amide bonds. The van der Waals surface area contributed by atoms with Gasteiger partial charge in [0.25, 0.3) is 0 Å². The number of aryl methyl sites for hydroxylation is 1. The van der Waals surface area contributed by atoms with Crippen LogP contribution in [0.25, 0.3) is 0 Å². The van der Waals surface area contributed by atoms with E-state index in [2.05, 4.69) is 0 Å². The number of halogens is 2. The Bertz CT molecular complexity index is 613. The SMILES string of the molecule is COc1cccc(Cl)c1C(O)Cc1cc(F)ccc1C. The molecular formula is C16H16ClFO2. The van der Waals surface area contributed by atoms with Crippen molar-refractivity contribution in [3.8, 4) is 5.75 Å². The minimum absolute atomic E-state index is 0.281. The van der Waals surface area contributed by atoms with E-state index < -0.39 is 6.10 Å². The first-order valence-corrected chi connectivity index (χ1v) is 6.66. The highest BCUT2D eigenvalue weighted by molar-refractivity contribution is 6.31. The first kappa shape index (κ1) is 14.8. The first-order valence-electron chi connectivity index (χ1n) is 6.28. The summed E-state index contributed by atoms with van der Waals surface area (Å²) in [7, 11) is 1.52. The van der Waals surface area contributed by atoms with Gasteiger partial charge in [0.15, 0.2) is 0 Å². The van der Waals surface area contributed by atoms with Crippen molar-refractivity contribution < 1.29 is 14.2 Å². The van der Waals surface area contributed by atoms with Gasteiger partial charge in [-0.05, 0) is 42.3 Å². The number of benzene rings is 2. The Labute approximate surface area is 122 Å². The second-order valence-corrected chi connectivity index (χ2v) is 5.05. The smallest absolute Gasteiger partial charge is 0.126 e. The molecule has 0 saturated carbocycles. The molecule has 1 N–H and O–H groups in total. The van der Waals surface area contributed by atoms with Crippen LogP contribution in [0.4, 0.5) is 4.39 Å². The summed E-state index contributed by atoms with van der Waals surface area (Å²) in [5, 5.41) is 10.8. The highest BCUT2D eigenvalue weighted by Crippen LogP contribution is 2.34. The highest BCUT2D eigenvalue weighted by atomic mass is 35.5. The van der Waals surface area contributed by atoms with Crippen molar-refractivity contribution in [1.82, 2.24) is 0 Å². The summed E-state index contributed by atoms with van der Waals surface area (Å²) in [6.07, 6.45) is -0.567. The zero-order valence-corrected chi connectivity index (χ0v) is 12.1. The number of methoxy groups -OCH3 is 1. The van der Waals surface area contributed by atoms with Gasteiger partial charge in [0.2, 0.25) is 0 Å². The van der Waals surface area contributed by atoms with Crippen LogP contribution >= 0.6 is 11.6 Å². The van der Waals surface area contributed by atoms with Crippen LogP contribution in [0, 0.1) is 12.7 Å². The fourth-order valence-electron chi connectivity index (χ4n) is 2.19. The Morgan fingerprint density at radius 1 is 1.30 bits per heavy atom. The molecule has 0 bridgehead atoms. The van der Waals surface area contributed by atoms with E-state index in [1.54, 1.807) is 24.3 Å². The fraction of sp³-hybridized carbons (Fsp3) is 0.250. The molecule has 0 aliphatic heterocycles. The molecule has 2 aromatic carbocycles. The van der Waals surface area contributed by atoms with Gasteiger partial charge in [0.05, 0.1) is 18.2 Å². The van der Waals surface area contributed by atoms with Crippen LogP contribution in [-0.2, 0) is 6.42 Å². The van der Waals surface area contributed by atoms with Crippen molar-refractivity contribution in [3.05, 3.63) is 63.9 Å². The molecule has 2 nitrogen and oxygen atoms in total. The molecule has 1 unspecified atom stereocenters. The molecule has 0 radical (unpaired) electrons. The average molecular weight is 295 g/mol. The van der Waals surface area contributed by atoms with E-state index in [4.69, 9.17) is 16.3 Å². The fourth-order valence-corrected chi connectivity index (χ4v) is 2.48. The van der Waals surface area contributed by atoms with Gasteiger partial charge in [-0.2, -0.15) is 0 Å². The second-order valence-electron chi connectivity index (χ2n) is 4.65. The standard InChI is InChI=1S/C16H16ClFO2/c1-10-6-7-12(18)8-11(10)9-14(19)16-13(17)4-3-5-15(16)20-2/h3-8,14,19H,9H2,1-2H3. The van der Waals surface area contributed by atoms with Gasteiger partial charge in [-0.3, -0.25) is 0 Å². The lowest BCUT2D eigenvalue weighted by atomic mass is 9.97. The lowest BCUT2D eigenvalue weighted by Gasteiger charge is -2.17. The van der Waals surface area contributed by atoms with E-state index in [0.29, 0.717) is 16.3 Å². The third-order valence-corrected chi connectivity index (χ3v) is 3.62. The maximum Gasteiger partial charge on any atom is 0.126 e. The summed E-state index contributed by atoms with van der Waals surface area (Å²) in [6.45, 7) is 1.88. The predicted molar refractivity (Wildman–Crippen MR) is 77.8 cm³/mol. The molecule has 2 rings (SSSR count). The van der Waals surface area contributed by atoms with Gasteiger partial charge in [-0.15, -0.1) is 0 Å². The van der Waals surface area contributed by atoms with Gasteiger partial charge in [0, 0.05) is 12.0 Å². The molecule has 0 aliphatic carbocycles. The van der Waals surface area contributed by atoms with E-state index in [9.17, 15) is 9.50 Å². The van der Waals surface area contributed by atoms with Gasteiger partial charge in [0.1, 0.15) is 11.6 Å². The third kappa shape index (κ3) is 3.11. The summed E-state index contributed by atoms with van der Waals surface area (Å²) in [5.74, 6) is 0.211. The Morgan fingerprint density at radius 2 is 2.05 bits per heavy atom. The molecule has 1 atom stereocenters. The highest BCUT2D eigenvalue weighted by Gasteiger charge is 2.18. The maximum atomic E-state index is 13.3. The number of aliphatic hydroxyl groups is 1. The van der Waals surface area contributed by atoms with Gasteiger partial charge >= 0.3 is 0 Å². The number of hydrogen-bond acceptors (Lipinski definition) is 2. The maximum absolute atomic E-state index is 13.3. The molecule has 0 heterocycles. The van der Waals surface area contributed by atoms with Crippen LogP contribution in [0.1, 0.15) is 22.8 Å². The second kappa shape index (κ2) is 6.25. The minimum Gasteiger partial charge on any atom is -0.496 e. The zero-order chi connectivity index (χ0) is 14.7. The number of aliphatic hydroxyl groups excluding tert-OH is 1. The van der Waals surface area contributed by atoms with Crippen LogP contribution in [0.2, 0.25) is 5.02 Å². The largest absolute Gasteiger partial charge is 0.496 e. The van der Waals surface area contributed by atoms with E-state index in [0.717, 1.165) is 11.1 Å². The summed E-state index contributed by atoms with van der Waals surface area (Å²) in [6, 6.07) is 9.72. The number of hydrogen-bond donors (Lipinski definition) is 1. The van der Waals surface area contributed by atoms with E-state index in [-0.39, 0.29) is 12.2 Å². The lowest BCUT2D eigenvalue weighted by molar-refractivity contribution is 0.174. The van der Waals surface area contributed by atoms with Crippen LogP contribution in [0.5, 0.6) is 5.75 Å². The Kier molecular flexibility index (Phi) is 4.63. The number of ether oxygens (including phenoxy) is 1. The molecule has 0 spiro atoms. The molecular weight excluding hydrogens is 279 g/mol. The summed E-state index contributed by atoms with van der Waals surface area (Å²) in [4.78, 5) is 0. The monoisotopic (exact) mass is 294 g/mol. The first-order chi connectivity index (χ1) is 9.52. The molecule has 106 valence electrons. The summed E-state index contributed by atoms with van der Waals surface area (Å²) in [5.41, 5.74) is 2.20. The summed E-state index contributed by atoms with van der Waals surface area (Å²) < 4.78 is 18.5. The van der Waals surface area contributed by atoms with Crippen molar-refractivity contribution in [2.24, 2.45) is 0 Å². The Balaban J connectivity index is 2.33. The summed E-state index contributed by atoms with van der Waals surface area (Å²) >= 11 is 6.13. The van der Waals surface area contributed by atoms with Gasteiger partial charge in [-0.1, -0.05) is 23.7 Å². The molecule has 0 aliphatic rings. The van der Waals surface area contributed by atoms with E-state index >= 15 is 0 Å². The molecule has 0 aromatic heterocycles. The molecule has 0 saturated heterocycles. The molecule has 2 aromatic rings. The zero-order valence-electron chi connectivity index (χ0n) is 11.4. The van der Waals surface area contributed by atoms with Gasteiger partial charge in [-0.25, -0.2) is 4.39 Å². The van der Waals surface area contributed by atoms with Crippen LogP contribution in [0.15, 0.2) is 36.4 Å². The van der Waals surface area contributed by atoms with Crippen LogP contribution in [-0.4, -0.2) is 12.2 Å². The van der Waals surface area contributed by atoms with Crippen LogP contribution < -0.4 is 4.74 Å². The minimum atomic E-state index is -0.848. The van der Waals surface area contributed by atoms with Crippen molar-refractivity contribution in [3.63, 3.8) is 0 Å². The van der Waals surface area contributed by atoms with Crippen molar-refractivity contribution >= 4 is 11.6 Å². The van der Waals surface area contributed by atoms with E-state index in [1.807, 2.05) is 6.92 Å². The lowest BCUT2D eigenvalue weighted by Crippen LogP contribution is -2.06. The van der Waals surface area contributed by atoms with Crippen molar-refractivity contribution in [1.29, 1.82) is 0 Å². The van der Waals surface area contributed by atoms with Crippen molar-refractivity contribution in [2.75, 3.05) is 7.11 Å². The molecule has 4 heteroatoms. The molecule has 20 heavy (non-hydrogen) atoms. The predicted octanol–water partition coefficient (Wildman–Crippen LogP) is 4.07. The molecule has 0 fully saturated rings. The third-order valence-electron chi connectivity index (χ3n) is 3.29.